The fourth-order valence-electron chi connectivity index (χ4n) is 2.92. The average Bonchev–Trinajstić information content (AvgIpc) is 3.10. The van der Waals surface area contributed by atoms with Gasteiger partial charge in [-0.15, -0.1) is 11.6 Å². The van der Waals surface area contributed by atoms with Crippen LogP contribution in [0.2, 0.25) is 0 Å². The molecule has 1 saturated carbocycles. The molecule has 0 aliphatic heterocycles. The molecule has 1 fully saturated rings. The van der Waals surface area contributed by atoms with Gasteiger partial charge in [-0.2, -0.15) is 5.10 Å². The maximum absolute atomic E-state index is 12.3. The van der Waals surface area contributed by atoms with Crippen molar-refractivity contribution in [3.63, 3.8) is 0 Å². The van der Waals surface area contributed by atoms with Gasteiger partial charge in [-0.1, -0.05) is 0 Å². The summed E-state index contributed by atoms with van der Waals surface area (Å²) < 4.78 is 4.09. The van der Waals surface area contributed by atoms with E-state index in [1.165, 1.54) is 12.8 Å². The summed E-state index contributed by atoms with van der Waals surface area (Å²) in [7, 11) is 1.89. The van der Waals surface area contributed by atoms with Crippen LogP contribution in [0.15, 0.2) is 30.6 Å². The lowest BCUT2D eigenvalue weighted by molar-refractivity contribution is -0.131. The summed E-state index contributed by atoms with van der Waals surface area (Å²) in [5, 5.41) is 4.20. The highest BCUT2D eigenvalue weighted by Gasteiger charge is 2.28. The van der Waals surface area contributed by atoms with Gasteiger partial charge in [-0.3, -0.25) is 9.48 Å². The number of halogens is 1. The molecule has 0 aromatic carbocycles. The van der Waals surface area contributed by atoms with Crippen molar-refractivity contribution in [2.75, 3.05) is 5.88 Å². The second-order valence-corrected chi connectivity index (χ2v) is 6.12. The molecule has 0 radical (unpaired) electrons. The van der Waals surface area contributed by atoms with Gasteiger partial charge in [0.25, 0.3) is 0 Å². The number of carbonyl (C=O) groups excluding carboxylic acids is 1. The molecule has 0 bridgehead atoms. The van der Waals surface area contributed by atoms with E-state index < -0.39 is 0 Å². The second kappa shape index (κ2) is 6.16. The van der Waals surface area contributed by atoms with Gasteiger partial charge >= 0.3 is 0 Å². The number of amides is 1. The van der Waals surface area contributed by atoms with Crippen LogP contribution < -0.4 is 0 Å². The molecule has 1 atom stereocenters. The molecular formula is C16H21ClN4O. The van der Waals surface area contributed by atoms with Crippen molar-refractivity contribution in [3.05, 3.63) is 42.0 Å². The van der Waals surface area contributed by atoms with E-state index in [4.69, 9.17) is 11.6 Å². The Labute approximate surface area is 135 Å². The predicted octanol–water partition coefficient (Wildman–Crippen LogP) is 2.89. The van der Waals surface area contributed by atoms with Crippen LogP contribution in [-0.2, 0) is 18.4 Å². The zero-order valence-electron chi connectivity index (χ0n) is 12.9. The van der Waals surface area contributed by atoms with Crippen LogP contribution in [0.3, 0.4) is 0 Å². The highest BCUT2D eigenvalue weighted by molar-refractivity contribution is 6.27. The molecule has 3 rings (SSSR count). The maximum atomic E-state index is 12.3. The van der Waals surface area contributed by atoms with E-state index in [1.54, 1.807) is 10.9 Å². The summed E-state index contributed by atoms with van der Waals surface area (Å²) in [6.07, 6.45) is 6.30. The Morgan fingerprint density at radius 2 is 2.27 bits per heavy atom. The third kappa shape index (κ3) is 2.90. The zero-order chi connectivity index (χ0) is 15.7. The number of nitrogens with zero attached hydrogens (tertiary/aromatic N) is 4. The van der Waals surface area contributed by atoms with E-state index in [2.05, 4.69) is 21.9 Å². The van der Waals surface area contributed by atoms with E-state index in [-0.39, 0.29) is 17.8 Å². The van der Waals surface area contributed by atoms with Crippen LogP contribution >= 0.6 is 11.6 Å². The van der Waals surface area contributed by atoms with Gasteiger partial charge in [0.1, 0.15) is 5.88 Å². The molecule has 6 heteroatoms. The molecule has 0 N–H and O–H groups in total. The van der Waals surface area contributed by atoms with Crippen molar-refractivity contribution in [1.29, 1.82) is 0 Å². The van der Waals surface area contributed by atoms with Crippen LogP contribution in [0, 0.1) is 0 Å². The Hall–Kier alpha value is -1.75. The second-order valence-electron chi connectivity index (χ2n) is 5.85. The van der Waals surface area contributed by atoms with Gasteiger partial charge in [0.05, 0.1) is 18.3 Å². The van der Waals surface area contributed by atoms with Crippen molar-refractivity contribution in [3.8, 4) is 0 Å². The summed E-state index contributed by atoms with van der Waals surface area (Å²) in [5.41, 5.74) is 2.16. The molecule has 5 nitrogen and oxygen atoms in total. The maximum Gasteiger partial charge on any atom is 0.238 e. The molecule has 1 unspecified atom stereocenters. The third-order valence-electron chi connectivity index (χ3n) is 4.33. The van der Waals surface area contributed by atoms with Gasteiger partial charge in [0.15, 0.2) is 0 Å². The first-order chi connectivity index (χ1) is 10.6. The van der Waals surface area contributed by atoms with Gasteiger partial charge in [0.2, 0.25) is 5.91 Å². The molecule has 1 aliphatic rings. The van der Waals surface area contributed by atoms with Crippen LogP contribution in [0.4, 0.5) is 0 Å². The van der Waals surface area contributed by atoms with Crippen molar-refractivity contribution in [2.45, 2.75) is 38.4 Å². The first-order valence-electron chi connectivity index (χ1n) is 7.61. The zero-order valence-corrected chi connectivity index (χ0v) is 13.7. The molecule has 22 heavy (non-hydrogen) atoms. The molecule has 1 aliphatic carbocycles. The third-order valence-corrected chi connectivity index (χ3v) is 4.56. The summed E-state index contributed by atoms with van der Waals surface area (Å²) in [6.45, 7) is 2.59. The molecule has 2 aromatic heterocycles. The number of carbonyl (C=O) groups is 1. The summed E-state index contributed by atoms with van der Waals surface area (Å²) in [4.78, 5) is 14.2. The van der Waals surface area contributed by atoms with E-state index in [9.17, 15) is 4.79 Å². The summed E-state index contributed by atoms with van der Waals surface area (Å²) >= 11 is 5.83. The number of alkyl halides is 1. The normalized spacial score (nSPS) is 15.8. The molecular weight excluding hydrogens is 300 g/mol. The first-order valence-corrected chi connectivity index (χ1v) is 8.14. The molecule has 2 aromatic rings. The van der Waals surface area contributed by atoms with Gasteiger partial charge < -0.3 is 9.47 Å². The minimum Gasteiger partial charge on any atom is -0.347 e. The Bertz CT molecular complexity index is 659. The summed E-state index contributed by atoms with van der Waals surface area (Å²) in [5.74, 6) is -0.0642. The quantitative estimate of drug-likeness (QED) is 0.768. The monoisotopic (exact) mass is 320 g/mol. The standard InChI is InChI=1S/C16H21ClN4O/c1-12(15-7-8-18-19(15)2)21(16(22)10-17)11-14-4-3-9-20(14)13-5-6-13/h3-4,7-9,12-13H,5-6,10-11H2,1-2H3. The predicted molar refractivity (Wildman–Crippen MR) is 85.6 cm³/mol. The van der Waals surface area contributed by atoms with Crippen molar-refractivity contribution >= 4 is 17.5 Å². The lowest BCUT2D eigenvalue weighted by Crippen LogP contribution is -2.35. The average molecular weight is 321 g/mol. The Balaban J connectivity index is 1.85. The van der Waals surface area contributed by atoms with E-state index in [0.29, 0.717) is 12.6 Å². The van der Waals surface area contributed by atoms with Crippen molar-refractivity contribution in [2.24, 2.45) is 7.05 Å². The largest absolute Gasteiger partial charge is 0.347 e. The number of hydrogen-bond acceptors (Lipinski definition) is 2. The molecule has 118 valence electrons. The van der Waals surface area contributed by atoms with Crippen LogP contribution in [0.5, 0.6) is 0 Å². The van der Waals surface area contributed by atoms with Crippen LogP contribution in [-0.4, -0.2) is 31.0 Å². The number of rotatable bonds is 6. The fourth-order valence-corrected chi connectivity index (χ4v) is 3.07. The van der Waals surface area contributed by atoms with Gasteiger partial charge in [-0.25, -0.2) is 0 Å². The molecule has 0 spiro atoms. The fraction of sp³-hybridized carbons (Fsp3) is 0.500. The smallest absolute Gasteiger partial charge is 0.238 e. The summed E-state index contributed by atoms with van der Waals surface area (Å²) in [6, 6.07) is 6.61. The van der Waals surface area contributed by atoms with Crippen molar-refractivity contribution < 1.29 is 4.79 Å². The molecule has 0 saturated heterocycles. The highest BCUT2D eigenvalue weighted by atomic mass is 35.5. The van der Waals surface area contributed by atoms with Gasteiger partial charge in [-0.05, 0) is 38.0 Å². The Morgan fingerprint density at radius 3 is 2.86 bits per heavy atom. The van der Waals surface area contributed by atoms with Gasteiger partial charge in [0, 0.05) is 31.2 Å². The van der Waals surface area contributed by atoms with E-state index in [1.807, 2.05) is 31.0 Å². The van der Waals surface area contributed by atoms with Crippen molar-refractivity contribution in [1.82, 2.24) is 19.2 Å². The van der Waals surface area contributed by atoms with E-state index >= 15 is 0 Å². The first kappa shape index (κ1) is 15.2. The molecule has 1 amide bonds. The SMILES string of the molecule is CC(c1ccnn1C)N(Cc1cccn1C1CC1)C(=O)CCl. The lowest BCUT2D eigenvalue weighted by atomic mass is 10.2. The number of aromatic nitrogens is 3. The Morgan fingerprint density at radius 1 is 1.50 bits per heavy atom. The molecule has 2 heterocycles. The highest BCUT2D eigenvalue weighted by Crippen LogP contribution is 2.36. The number of aryl methyl sites for hydroxylation is 1. The van der Waals surface area contributed by atoms with E-state index in [0.717, 1.165) is 11.4 Å². The van der Waals surface area contributed by atoms with Crippen LogP contribution in [0.25, 0.3) is 0 Å². The Kier molecular flexibility index (Phi) is 4.25. The topological polar surface area (TPSA) is 43.1 Å². The minimum atomic E-state index is -0.0682. The van der Waals surface area contributed by atoms with Crippen LogP contribution in [0.1, 0.15) is 43.2 Å². The minimum absolute atomic E-state index is 0.00761. The number of hydrogen-bond donors (Lipinski definition) is 0. The lowest BCUT2D eigenvalue weighted by Gasteiger charge is -2.29.